The lowest BCUT2D eigenvalue weighted by molar-refractivity contribution is 1.27. The van der Waals surface area contributed by atoms with Gasteiger partial charge in [-0.3, -0.25) is 4.98 Å². The third kappa shape index (κ3) is 1.43. The average molecular weight is 155 g/mol. The van der Waals surface area contributed by atoms with Crippen molar-refractivity contribution in [3.8, 4) is 12.3 Å². The fraction of sp³-hybridized carbons (Fsp3) is 0. The van der Waals surface area contributed by atoms with E-state index < -0.39 is 0 Å². The molecule has 0 saturated heterocycles. The first-order valence-corrected chi connectivity index (χ1v) is 3.53. The predicted octanol–water partition coefficient (Wildman–Crippen LogP) is 2.35. The van der Waals surface area contributed by atoms with E-state index in [0.717, 1.165) is 16.8 Å². The average Bonchev–Trinajstić information content (AvgIpc) is 2.16. The molecule has 0 saturated carbocycles. The number of hydrogen-bond acceptors (Lipinski definition) is 1. The Labute approximate surface area is 72.5 Å². The Morgan fingerprint density at radius 2 is 2.17 bits per heavy atom. The first-order valence-electron chi connectivity index (χ1n) is 3.53. The molecule has 1 aromatic heterocycles. The minimum atomic E-state index is 0.760. The highest BCUT2D eigenvalue weighted by molar-refractivity contribution is 5.61. The van der Waals surface area contributed by atoms with Crippen LogP contribution >= 0.6 is 0 Å². The zero-order chi connectivity index (χ0) is 8.97. The molecule has 0 aliphatic heterocycles. The van der Waals surface area contributed by atoms with Crippen LogP contribution in [0, 0.1) is 12.3 Å². The van der Waals surface area contributed by atoms with Crippen LogP contribution in [0.1, 0.15) is 16.8 Å². The summed E-state index contributed by atoms with van der Waals surface area (Å²) in [5.74, 6) is 2.51. The zero-order valence-electron chi connectivity index (χ0n) is 6.75. The van der Waals surface area contributed by atoms with Crippen LogP contribution in [0.15, 0.2) is 25.4 Å². The molecule has 0 aliphatic carbocycles. The van der Waals surface area contributed by atoms with Crippen molar-refractivity contribution in [2.45, 2.75) is 0 Å². The molecule has 12 heavy (non-hydrogen) atoms. The van der Waals surface area contributed by atoms with Crippen LogP contribution < -0.4 is 0 Å². The van der Waals surface area contributed by atoms with Crippen molar-refractivity contribution in [1.29, 1.82) is 0 Å². The van der Waals surface area contributed by atoms with Gasteiger partial charge in [0.25, 0.3) is 0 Å². The van der Waals surface area contributed by atoms with Crippen molar-refractivity contribution in [3.05, 3.63) is 42.2 Å². The first kappa shape index (κ1) is 8.29. The molecule has 0 bridgehead atoms. The quantitative estimate of drug-likeness (QED) is 0.597. The smallest absolute Gasteiger partial charge is 0.0696 e. The molecule has 0 aliphatic rings. The molecule has 0 fully saturated rings. The highest BCUT2D eigenvalue weighted by Gasteiger charge is 1.96. The topological polar surface area (TPSA) is 12.9 Å². The lowest BCUT2D eigenvalue weighted by atomic mass is 10.1. The van der Waals surface area contributed by atoms with Crippen molar-refractivity contribution in [2.24, 2.45) is 0 Å². The van der Waals surface area contributed by atoms with Gasteiger partial charge in [0.05, 0.1) is 5.69 Å². The Morgan fingerprint density at radius 1 is 1.42 bits per heavy atom. The van der Waals surface area contributed by atoms with Gasteiger partial charge in [-0.2, -0.15) is 0 Å². The van der Waals surface area contributed by atoms with Crippen LogP contribution in [0.2, 0.25) is 0 Å². The lowest BCUT2D eigenvalue weighted by Gasteiger charge is -1.99. The highest BCUT2D eigenvalue weighted by atomic mass is 14.7. The second kappa shape index (κ2) is 3.54. The minimum absolute atomic E-state index is 0.760. The summed E-state index contributed by atoms with van der Waals surface area (Å²) >= 11 is 0. The number of aromatic nitrogens is 1. The van der Waals surface area contributed by atoms with E-state index in [1.807, 2.05) is 6.07 Å². The molecule has 58 valence electrons. The van der Waals surface area contributed by atoms with Gasteiger partial charge in [-0.25, -0.2) is 0 Å². The minimum Gasteiger partial charge on any atom is -0.255 e. The van der Waals surface area contributed by atoms with Crippen LogP contribution in [0.4, 0.5) is 0 Å². The summed E-state index contributed by atoms with van der Waals surface area (Å²) in [5.41, 5.74) is 2.49. The van der Waals surface area contributed by atoms with Gasteiger partial charge in [0.15, 0.2) is 0 Å². The molecule has 1 rings (SSSR count). The van der Waals surface area contributed by atoms with E-state index in [9.17, 15) is 0 Å². The summed E-state index contributed by atoms with van der Waals surface area (Å²) in [7, 11) is 0. The second-order valence-corrected chi connectivity index (χ2v) is 2.25. The highest BCUT2D eigenvalue weighted by Crippen LogP contribution is 2.10. The van der Waals surface area contributed by atoms with Gasteiger partial charge in [0.1, 0.15) is 0 Å². The summed E-state index contributed by atoms with van der Waals surface area (Å²) in [6.07, 6.45) is 10.2. The molecule has 0 spiro atoms. The maximum absolute atomic E-state index is 5.21. The van der Waals surface area contributed by atoms with Crippen molar-refractivity contribution in [2.75, 3.05) is 0 Å². The summed E-state index contributed by atoms with van der Waals surface area (Å²) in [6.45, 7) is 7.29. The zero-order valence-corrected chi connectivity index (χ0v) is 6.75. The van der Waals surface area contributed by atoms with E-state index >= 15 is 0 Å². The van der Waals surface area contributed by atoms with Crippen LogP contribution in [-0.4, -0.2) is 4.98 Å². The third-order valence-corrected chi connectivity index (χ3v) is 1.53. The van der Waals surface area contributed by atoms with Gasteiger partial charge in [-0.05, 0) is 12.1 Å². The molecular weight excluding hydrogens is 146 g/mol. The monoisotopic (exact) mass is 155 g/mol. The standard InChI is InChI=1S/C11H9N/c1-4-9-7-10(5-2)11(6-3)12-8-9/h1,5-8H,2-3H2. The number of rotatable bonds is 2. The maximum Gasteiger partial charge on any atom is 0.0696 e. The van der Waals surface area contributed by atoms with Crippen LogP contribution in [0.5, 0.6) is 0 Å². The fourth-order valence-electron chi connectivity index (χ4n) is 0.905. The molecule has 0 radical (unpaired) electrons. The molecule has 1 heterocycles. The van der Waals surface area contributed by atoms with Gasteiger partial charge in [-0.15, -0.1) is 6.42 Å². The van der Waals surface area contributed by atoms with E-state index in [1.54, 1.807) is 18.3 Å². The molecule has 1 nitrogen and oxygen atoms in total. The van der Waals surface area contributed by atoms with E-state index in [0.29, 0.717) is 0 Å². The van der Waals surface area contributed by atoms with E-state index in [1.165, 1.54) is 0 Å². The Balaban J connectivity index is 3.30. The molecule has 0 aromatic carbocycles. The summed E-state index contributed by atoms with van der Waals surface area (Å²) in [4.78, 5) is 4.11. The van der Waals surface area contributed by atoms with Gasteiger partial charge in [0.2, 0.25) is 0 Å². The number of pyridine rings is 1. The van der Waals surface area contributed by atoms with Crippen molar-refractivity contribution >= 4 is 12.2 Å². The molecule has 0 amide bonds. The van der Waals surface area contributed by atoms with Crippen LogP contribution in [0.25, 0.3) is 12.2 Å². The Bertz CT molecular complexity index is 356. The third-order valence-electron chi connectivity index (χ3n) is 1.53. The molecular formula is C11H9N. The Kier molecular flexibility index (Phi) is 2.45. The van der Waals surface area contributed by atoms with E-state index in [-0.39, 0.29) is 0 Å². The van der Waals surface area contributed by atoms with Gasteiger partial charge < -0.3 is 0 Å². The van der Waals surface area contributed by atoms with Gasteiger partial charge >= 0.3 is 0 Å². The summed E-state index contributed by atoms with van der Waals surface area (Å²) in [5, 5.41) is 0. The fourth-order valence-corrected chi connectivity index (χ4v) is 0.905. The molecule has 0 atom stereocenters. The second-order valence-electron chi connectivity index (χ2n) is 2.25. The van der Waals surface area contributed by atoms with Crippen molar-refractivity contribution < 1.29 is 0 Å². The summed E-state index contributed by atoms with van der Waals surface area (Å²) < 4.78 is 0. The normalized spacial score (nSPS) is 8.58. The SMILES string of the molecule is C#Cc1cnc(C=C)c(C=C)c1. The molecule has 1 aromatic rings. The van der Waals surface area contributed by atoms with E-state index in [2.05, 4.69) is 24.1 Å². The summed E-state index contributed by atoms with van der Waals surface area (Å²) in [6, 6.07) is 1.86. The Morgan fingerprint density at radius 3 is 2.67 bits per heavy atom. The number of nitrogens with zero attached hydrogens (tertiary/aromatic N) is 1. The van der Waals surface area contributed by atoms with Crippen molar-refractivity contribution in [1.82, 2.24) is 4.98 Å². The van der Waals surface area contributed by atoms with Gasteiger partial charge in [0, 0.05) is 17.3 Å². The van der Waals surface area contributed by atoms with Crippen LogP contribution in [0.3, 0.4) is 0 Å². The van der Waals surface area contributed by atoms with E-state index in [4.69, 9.17) is 6.42 Å². The Hall–Kier alpha value is -1.81. The molecule has 0 unspecified atom stereocenters. The first-order chi connectivity index (χ1) is 5.81. The lowest BCUT2D eigenvalue weighted by Crippen LogP contribution is -1.87. The molecule has 1 heteroatoms. The number of hydrogen-bond donors (Lipinski definition) is 0. The number of terminal acetylenes is 1. The largest absolute Gasteiger partial charge is 0.255 e. The van der Waals surface area contributed by atoms with Crippen molar-refractivity contribution in [3.63, 3.8) is 0 Å². The maximum atomic E-state index is 5.21. The molecule has 0 N–H and O–H groups in total. The van der Waals surface area contributed by atoms with Crippen LogP contribution in [-0.2, 0) is 0 Å². The van der Waals surface area contributed by atoms with Gasteiger partial charge in [-0.1, -0.05) is 25.2 Å². The predicted molar refractivity (Wildman–Crippen MR) is 52.4 cm³/mol.